The fraction of sp³-hybridized carbons (Fsp3) is 0.769. The molecule has 108 valence electrons. The summed E-state index contributed by atoms with van der Waals surface area (Å²) in [6.07, 6.45) is 0. The standard InChI is InChI=1S/C13H23N3O3/c1-9(2)12(14-10(3)17)13(19)16-7-5-15(6-8-16)11(4)18/h9,12H,5-8H2,1-4H3,(H,14,17). The minimum absolute atomic E-state index is 0.0365. The van der Waals surface area contributed by atoms with Crippen LogP contribution in [0.1, 0.15) is 27.7 Å². The topological polar surface area (TPSA) is 69.7 Å². The highest BCUT2D eigenvalue weighted by molar-refractivity contribution is 5.87. The van der Waals surface area contributed by atoms with Gasteiger partial charge in [-0.2, -0.15) is 0 Å². The van der Waals surface area contributed by atoms with E-state index < -0.39 is 6.04 Å². The molecule has 0 aromatic rings. The molecule has 1 rings (SSSR count). The Morgan fingerprint density at radius 2 is 1.42 bits per heavy atom. The van der Waals surface area contributed by atoms with Crippen LogP contribution in [0.4, 0.5) is 0 Å². The van der Waals surface area contributed by atoms with E-state index in [0.717, 1.165) is 0 Å². The van der Waals surface area contributed by atoms with E-state index in [1.54, 1.807) is 9.80 Å². The minimum Gasteiger partial charge on any atom is -0.344 e. The van der Waals surface area contributed by atoms with Crippen LogP contribution < -0.4 is 5.32 Å². The SMILES string of the molecule is CC(=O)NC(C(=O)N1CCN(C(C)=O)CC1)C(C)C. The van der Waals surface area contributed by atoms with Crippen molar-refractivity contribution in [1.82, 2.24) is 15.1 Å². The monoisotopic (exact) mass is 269 g/mol. The first-order chi connectivity index (χ1) is 8.82. The molecule has 19 heavy (non-hydrogen) atoms. The summed E-state index contributed by atoms with van der Waals surface area (Å²) >= 11 is 0. The lowest BCUT2D eigenvalue weighted by molar-refractivity contribution is -0.141. The third-order valence-corrected chi connectivity index (χ3v) is 3.33. The molecule has 6 nitrogen and oxygen atoms in total. The second-order valence-electron chi connectivity index (χ2n) is 5.25. The van der Waals surface area contributed by atoms with Gasteiger partial charge in [0.25, 0.3) is 0 Å². The van der Waals surface area contributed by atoms with Crippen molar-refractivity contribution in [1.29, 1.82) is 0 Å². The van der Waals surface area contributed by atoms with Gasteiger partial charge in [-0.3, -0.25) is 14.4 Å². The molecule has 1 fully saturated rings. The molecule has 1 N–H and O–H groups in total. The molecule has 1 atom stereocenters. The van der Waals surface area contributed by atoms with Crippen LogP contribution in [0.5, 0.6) is 0 Å². The van der Waals surface area contributed by atoms with Crippen LogP contribution in [0, 0.1) is 5.92 Å². The Labute approximate surface area is 114 Å². The molecule has 0 bridgehead atoms. The number of carbonyl (C=O) groups is 3. The maximum atomic E-state index is 12.4. The first-order valence-corrected chi connectivity index (χ1v) is 6.64. The highest BCUT2D eigenvalue weighted by Crippen LogP contribution is 2.09. The molecule has 0 radical (unpaired) electrons. The molecule has 1 aliphatic heterocycles. The van der Waals surface area contributed by atoms with Crippen LogP contribution in [-0.4, -0.2) is 59.7 Å². The van der Waals surface area contributed by atoms with Crippen molar-refractivity contribution >= 4 is 17.7 Å². The van der Waals surface area contributed by atoms with Crippen molar-refractivity contribution in [3.63, 3.8) is 0 Å². The van der Waals surface area contributed by atoms with Gasteiger partial charge >= 0.3 is 0 Å². The number of rotatable bonds is 3. The van der Waals surface area contributed by atoms with Gasteiger partial charge in [-0.05, 0) is 5.92 Å². The lowest BCUT2D eigenvalue weighted by atomic mass is 10.0. The Morgan fingerprint density at radius 1 is 0.947 bits per heavy atom. The molecule has 1 unspecified atom stereocenters. The molecule has 0 aromatic carbocycles. The van der Waals surface area contributed by atoms with Crippen LogP contribution in [0.3, 0.4) is 0 Å². The fourth-order valence-electron chi connectivity index (χ4n) is 2.17. The zero-order valence-electron chi connectivity index (χ0n) is 12.1. The summed E-state index contributed by atoms with van der Waals surface area (Å²) in [5, 5.41) is 2.70. The summed E-state index contributed by atoms with van der Waals surface area (Å²) in [4.78, 5) is 38.2. The van der Waals surface area contributed by atoms with Crippen molar-refractivity contribution in [2.75, 3.05) is 26.2 Å². The third-order valence-electron chi connectivity index (χ3n) is 3.33. The molecular formula is C13H23N3O3. The van der Waals surface area contributed by atoms with Crippen molar-refractivity contribution in [3.8, 4) is 0 Å². The molecule has 1 aliphatic rings. The summed E-state index contributed by atoms with van der Waals surface area (Å²) in [6.45, 7) is 8.94. The van der Waals surface area contributed by atoms with Crippen molar-refractivity contribution < 1.29 is 14.4 Å². The predicted octanol–water partition coefficient (Wildman–Crippen LogP) is -0.162. The van der Waals surface area contributed by atoms with Crippen LogP contribution in [0.15, 0.2) is 0 Å². The number of hydrogen-bond donors (Lipinski definition) is 1. The van der Waals surface area contributed by atoms with E-state index in [-0.39, 0.29) is 23.6 Å². The maximum absolute atomic E-state index is 12.4. The van der Waals surface area contributed by atoms with Crippen molar-refractivity contribution in [2.24, 2.45) is 5.92 Å². The molecule has 0 aliphatic carbocycles. The Kier molecular flexibility index (Phi) is 5.32. The largest absolute Gasteiger partial charge is 0.344 e. The van der Waals surface area contributed by atoms with Gasteiger partial charge in [-0.1, -0.05) is 13.8 Å². The van der Waals surface area contributed by atoms with E-state index in [2.05, 4.69) is 5.32 Å². The van der Waals surface area contributed by atoms with E-state index in [0.29, 0.717) is 26.2 Å². The van der Waals surface area contributed by atoms with Gasteiger partial charge in [0.05, 0.1) is 0 Å². The molecule has 1 saturated heterocycles. The molecule has 1 heterocycles. The Balaban J connectivity index is 2.61. The molecular weight excluding hydrogens is 246 g/mol. The summed E-state index contributed by atoms with van der Waals surface area (Å²) in [5.41, 5.74) is 0. The summed E-state index contributed by atoms with van der Waals surface area (Å²) in [7, 11) is 0. The zero-order chi connectivity index (χ0) is 14.6. The van der Waals surface area contributed by atoms with Crippen molar-refractivity contribution in [3.05, 3.63) is 0 Å². The molecule has 3 amide bonds. The third kappa shape index (κ3) is 4.22. The van der Waals surface area contributed by atoms with Gasteiger partial charge in [-0.15, -0.1) is 0 Å². The summed E-state index contributed by atoms with van der Waals surface area (Å²) in [6, 6.07) is -0.485. The van der Waals surface area contributed by atoms with Gasteiger partial charge in [0, 0.05) is 40.0 Å². The highest BCUT2D eigenvalue weighted by Gasteiger charge is 2.30. The maximum Gasteiger partial charge on any atom is 0.245 e. The van der Waals surface area contributed by atoms with Gasteiger partial charge in [0.2, 0.25) is 17.7 Å². The summed E-state index contributed by atoms with van der Waals surface area (Å²) in [5.74, 6) is -0.181. The molecule has 0 spiro atoms. The normalized spacial score (nSPS) is 17.3. The molecule has 6 heteroatoms. The smallest absolute Gasteiger partial charge is 0.245 e. The predicted molar refractivity (Wildman–Crippen MR) is 71.3 cm³/mol. The Morgan fingerprint density at radius 3 is 1.79 bits per heavy atom. The quantitative estimate of drug-likeness (QED) is 0.774. The lowest BCUT2D eigenvalue weighted by Crippen LogP contribution is -2.56. The molecule has 0 aromatic heterocycles. The Hall–Kier alpha value is -1.59. The number of carbonyl (C=O) groups excluding carboxylic acids is 3. The number of amides is 3. The minimum atomic E-state index is -0.485. The number of nitrogens with zero attached hydrogens (tertiary/aromatic N) is 2. The highest BCUT2D eigenvalue weighted by atomic mass is 16.2. The lowest BCUT2D eigenvalue weighted by Gasteiger charge is -2.36. The average molecular weight is 269 g/mol. The van der Waals surface area contributed by atoms with Crippen LogP contribution >= 0.6 is 0 Å². The first kappa shape index (κ1) is 15.5. The molecule has 0 saturated carbocycles. The van der Waals surface area contributed by atoms with Gasteiger partial charge in [-0.25, -0.2) is 0 Å². The first-order valence-electron chi connectivity index (χ1n) is 6.64. The zero-order valence-corrected chi connectivity index (χ0v) is 12.1. The number of hydrogen-bond acceptors (Lipinski definition) is 3. The number of piperazine rings is 1. The van der Waals surface area contributed by atoms with E-state index in [1.165, 1.54) is 13.8 Å². The second-order valence-corrected chi connectivity index (χ2v) is 5.25. The van der Waals surface area contributed by atoms with E-state index in [4.69, 9.17) is 0 Å². The fourth-order valence-corrected chi connectivity index (χ4v) is 2.17. The van der Waals surface area contributed by atoms with Gasteiger partial charge in [0.1, 0.15) is 6.04 Å². The number of nitrogens with one attached hydrogen (secondary N) is 1. The van der Waals surface area contributed by atoms with Crippen molar-refractivity contribution in [2.45, 2.75) is 33.7 Å². The average Bonchev–Trinajstić information content (AvgIpc) is 2.34. The van der Waals surface area contributed by atoms with Gasteiger partial charge < -0.3 is 15.1 Å². The Bertz CT molecular complexity index is 360. The van der Waals surface area contributed by atoms with E-state index in [9.17, 15) is 14.4 Å². The van der Waals surface area contributed by atoms with Crippen LogP contribution in [0.25, 0.3) is 0 Å². The van der Waals surface area contributed by atoms with Crippen LogP contribution in [-0.2, 0) is 14.4 Å². The van der Waals surface area contributed by atoms with Gasteiger partial charge in [0.15, 0.2) is 0 Å². The van der Waals surface area contributed by atoms with E-state index in [1.807, 2.05) is 13.8 Å². The second kappa shape index (κ2) is 6.54. The summed E-state index contributed by atoms with van der Waals surface area (Å²) < 4.78 is 0. The van der Waals surface area contributed by atoms with Crippen LogP contribution in [0.2, 0.25) is 0 Å². The van der Waals surface area contributed by atoms with E-state index >= 15 is 0 Å².